The molecule has 10 heteroatoms. The van der Waals surface area contributed by atoms with Crippen molar-refractivity contribution >= 4 is 51.3 Å². The number of ether oxygens (including phenoxy) is 1. The summed E-state index contributed by atoms with van der Waals surface area (Å²) < 4.78 is 33.2. The third-order valence-corrected chi connectivity index (χ3v) is 8.18. The molecule has 0 bridgehead atoms. The molecular weight excluding hydrogens is 535 g/mol. The van der Waals surface area contributed by atoms with Gasteiger partial charge in [-0.15, -0.1) is 35.3 Å². The Morgan fingerprint density at radius 1 is 1.23 bits per heavy atom. The Labute approximate surface area is 202 Å². The zero-order chi connectivity index (χ0) is 21.3. The third kappa shape index (κ3) is 8.25. The maximum absolute atomic E-state index is 12.5. The molecular formula is C20H37IN4O3S2. The number of sulfonamides is 1. The lowest BCUT2D eigenvalue weighted by molar-refractivity contribution is 0.105. The van der Waals surface area contributed by atoms with Gasteiger partial charge in [0.25, 0.3) is 0 Å². The highest BCUT2D eigenvalue weighted by molar-refractivity contribution is 14.0. The lowest BCUT2D eigenvalue weighted by atomic mass is 9.83. The van der Waals surface area contributed by atoms with E-state index in [1.807, 2.05) is 20.8 Å². The van der Waals surface area contributed by atoms with Crippen molar-refractivity contribution in [3.63, 3.8) is 0 Å². The fourth-order valence-corrected chi connectivity index (χ4v) is 6.47. The molecule has 0 spiro atoms. The smallest absolute Gasteiger partial charge is 0.241 e. The van der Waals surface area contributed by atoms with Gasteiger partial charge in [-0.3, -0.25) is 4.99 Å². The van der Waals surface area contributed by atoms with E-state index in [4.69, 9.17) is 4.74 Å². The van der Waals surface area contributed by atoms with Gasteiger partial charge in [0.2, 0.25) is 10.0 Å². The number of hydrogen-bond donors (Lipinski definition) is 3. The fraction of sp³-hybridized carbons (Fsp3) is 0.750. The molecule has 0 aromatic carbocycles. The highest BCUT2D eigenvalue weighted by atomic mass is 127. The molecule has 174 valence electrons. The quantitative estimate of drug-likeness (QED) is 0.164. The summed E-state index contributed by atoms with van der Waals surface area (Å²) in [5, 5.41) is 6.63. The topological polar surface area (TPSA) is 91.8 Å². The second-order valence-corrected chi connectivity index (χ2v) is 10.9. The highest BCUT2D eigenvalue weighted by Crippen LogP contribution is 2.40. The van der Waals surface area contributed by atoms with Crippen molar-refractivity contribution in [3.8, 4) is 0 Å². The molecule has 0 atom stereocenters. The first kappa shape index (κ1) is 27.6. The van der Waals surface area contributed by atoms with E-state index in [-0.39, 0.29) is 29.4 Å². The van der Waals surface area contributed by atoms with Crippen LogP contribution < -0.4 is 15.4 Å². The van der Waals surface area contributed by atoms with Gasteiger partial charge in [-0.05, 0) is 51.5 Å². The number of nitrogens with zero attached hydrogens (tertiary/aromatic N) is 1. The van der Waals surface area contributed by atoms with Crippen molar-refractivity contribution in [2.45, 2.75) is 57.8 Å². The Balaban J connectivity index is 0.00000450. The highest BCUT2D eigenvalue weighted by Gasteiger charge is 2.33. The van der Waals surface area contributed by atoms with Crippen LogP contribution in [0.25, 0.3) is 0 Å². The zero-order valence-corrected chi connectivity index (χ0v) is 22.5. The minimum atomic E-state index is -3.48. The van der Waals surface area contributed by atoms with E-state index in [0.29, 0.717) is 23.9 Å². The van der Waals surface area contributed by atoms with E-state index in [9.17, 15) is 8.42 Å². The second kappa shape index (κ2) is 13.2. The molecule has 1 saturated carbocycles. The summed E-state index contributed by atoms with van der Waals surface area (Å²) >= 11 is 1.50. The van der Waals surface area contributed by atoms with Gasteiger partial charge in [0.05, 0.1) is 4.90 Å². The van der Waals surface area contributed by atoms with Crippen LogP contribution in [0, 0.1) is 19.3 Å². The maximum atomic E-state index is 12.5. The Morgan fingerprint density at radius 2 is 1.93 bits per heavy atom. The first-order valence-corrected chi connectivity index (χ1v) is 12.7. The van der Waals surface area contributed by atoms with E-state index in [0.717, 1.165) is 35.9 Å². The van der Waals surface area contributed by atoms with Crippen LogP contribution in [0.4, 0.5) is 0 Å². The number of halogens is 1. The summed E-state index contributed by atoms with van der Waals surface area (Å²) in [5.41, 5.74) is 0.267. The molecule has 0 aliphatic heterocycles. The Kier molecular flexibility index (Phi) is 12.1. The summed E-state index contributed by atoms with van der Waals surface area (Å²) in [6.45, 7) is 8.96. The van der Waals surface area contributed by atoms with Crippen LogP contribution in [0.15, 0.2) is 16.0 Å². The van der Waals surface area contributed by atoms with Gasteiger partial charge in [-0.2, -0.15) is 0 Å². The van der Waals surface area contributed by atoms with Gasteiger partial charge in [-0.25, -0.2) is 13.1 Å². The molecule has 7 nitrogen and oxygen atoms in total. The van der Waals surface area contributed by atoms with E-state index < -0.39 is 10.0 Å². The summed E-state index contributed by atoms with van der Waals surface area (Å²) in [5.74, 6) is 0.703. The lowest BCUT2D eigenvalue weighted by Gasteiger charge is -2.30. The van der Waals surface area contributed by atoms with Crippen LogP contribution in [-0.4, -0.2) is 54.3 Å². The Morgan fingerprint density at radius 3 is 2.50 bits per heavy atom. The number of guanidine groups is 1. The van der Waals surface area contributed by atoms with Crippen molar-refractivity contribution < 1.29 is 13.2 Å². The Hall–Kier alpha value is -0.430. The van der Waals surface area contributed by atoms with Gasteiger partial charge in [0.15, 0.2) is 5.96 Å². The molecule has 0 saturated heterocycles. The van der Waals surface area contributed by atoms with Crippen LogP contribution in [0.1, 0.15) is 48.8 Å². The third-order valence-electron chi connectivity index (χ3n) is 5.49. The van der Waals surface area contributed by atoms with Crippen molar-refractivity contribution in [2.24, 2.45) is 10.4 Å². The SMILES string of the molecule is CCOCCC1(CNC(=NC)NCCNS(=O)(=O)c2cc(C)sc2C)CCCC1.I. The van der Waals surface area contributed by atoms with Gasteiger partial charge >= 0.3 is 0 Å². The molecule has 0 amide bonds. The molecule has 1 aliphatic carbocycles. The number of aliphatic imine (C=N–C) groups is 1. The summed E-state index contributed by atoms with van der Waals surface area (Å²) in [7, 11) is -1.74. The minimum Gasteiger partial charge on any atom is -0.382 e. The van der Waals surface area contributed by atoms with Crippen LogP contribution in [0.3, 0.4) is 0 Å². The number of rotatable bonds is 11. The number of hydrogen-bond acceptors (Lipinski definition) is 5. The van der Waals surface area contributed by atoms with Gasteiger partial charge in [0, 0.05) is 49.6 Å². The van der Waals surface area contributed by atoms with E-state index in [1.54, 1.807) is 13.1 Å². The monoisotopic (exact) mass is 572 g/mol. The summed E-state index contributed by atoms with van der Waals surface area (Å²) in [6, 6.07) is 1.72. The molecule has 1 aliphatic rings. The predicted octanol–water partition coefficient (Wildman–Crippen LogP) is 3.41. The maximum Gasteiger partial charge on any atom is 0.241 e. The standard InChI is InChI=1S/C20H36N4O3S2.HI/c1-5-27-13-10-20(8-6-7-9-20)15-23-19(21-4)22-11-12-24-29(25,26)18-14-16(2)28-17(18)3;/h14,24H,5-13,15H2,1-4H3,(H2,21,22,23);1H. The molecule has 1 fully saturated rings. The molecule has 0 unspecified atom stereocenters. The first-order valence-electron chi connectivity index (χ1n) is 10.4. The van der Waals surface area contributed by atoms with Crippen LogP contribution in [0.5, 0.6) is 0 Å². The second-order valence-electron chi connectivity index (χ2n) is 7.68. The molecule has 2 rings (SSSR count). The summed E-state index contributed by atoms with van der Waals surface area (Å²) in [6.07, 6.45) is 6.02. The fourth-order valence-electron chi connectivity index (χ4n) is 3.88. The van der Waals surface area contributed by atoms with E-state index >= 15 is 0 Å². The van der Waals surface area contributed by atoms with E-state index in [2.05, 4.69) is 20.3 Å². The normalized spacial score (nSPS) is 16.3. The van der Waals surface area contributed by atoms with Crippen LogP contribution in [-0.2, 0) is 14.8 Å². The summed E-state index contributed by atoms with van der Waals surface area (Å²) in [4.78, 5) is 6.46. The average molecular weight is 573 g/mol. The van der Waals surface area contributed by atoms with Crippen molar-refractivity contribution in [1.29, 1.82) is 0 Å². The average Bonchev–Trinajstić information content (AvgIpc) is 3.28. The van der Waals surface area contributed by atoms with E-state index in [1.165, 1.54) is 37.0 Å². The van der Waals surface area contributed by atoms with Crippen molar-refractivity contribution in [1.82, 2.24) is 15.4 Å². The molecule has 30 heavy (non-hydrogen) atoms. The molecule has 1 heterocycles. The first-order chi connectivity index (χ1) is 13.8. The molecule has 0 radical (unpaired) electrons. The lowest BCUT2D eigenvalue weighted by Crippen LogP contribution is -2.45. The van der Waals surface area contributed by atoms with Gasteiger partial charge in [0.1, 0.15) is 0 Å². The molecule has 1 aromatic heterocycles. The van der Waals surface area contributed by atoms with Gasteiger partial charge in [-0.1, -0.05) is 12.8 Å². The van der Waals surface area contributed by atoms with Crippen molar-refractivity contribution in [3.05, 3.63) is 15.8 Å². The molecule has 3 N–H and O–H groups in total. The Bertz CT molecular complexity index is 775. The molecule has 1 aromatic rings. The minimum absolute atomic E-state index is 0. The number of aryl methyl sites for hydroxylation is 2. The number of nitrogens with one attached hydrogen (secondary N) is 3. The zero-order valence-electron chi connectivity index (χ0n) is 18.5. The van der Waals surface area contributed by atoms with Crippen LogP contribution >= 0.6 is 35.3 Å². The van der Waals surface area contributed by atoms with Gasteiger partial charge < -0.3 is 15.4 Å². The number of thiophene rings is 1. The van der Waals surface area contributed by atoms with Crippen molar-refractivity contribution in [2.75, 3.05) is 39.9 Å². The van der Waals surface area contributed by atoms with Crippen LogP contribution in [0.2, 0.25) is 0 Å². The largest absolute Gasteiger partial charge is 0.382 e. The predicted molar refractivity (Wildman–Crippen MR) is 136 cm³/mol.